The smallest absolute Gasteiger partial charge is 0.136 e. The quantitative estimate of drug-likeness (QED) is 0.432. The Hall–Kier alpha value is -2.14. The monoisotopic (exact) mass is 334 g/mol. The number of unbranched alkanes of at least 4 members (excludes halogenated alkanes) is 5. The van der Waals surface area contributed by atoms with Gasteiger partial charge in [0.1, 0.15) is 5.69 Å². The summed E-state index contributed by atoms with van der Waals surface area (Å²) in [6, 6.07) is 12.5. The van der Waals surface area contributed by atoms with Gasteiger partial charge >= 0.3 is 0 Å². The van der Waals surface area contributed by atoms with Crippen molar-refractivity contribution in [3.8, 4) is 11.8 Å². The maximum atomic E-state index is 4.31. The van der Waals surface area contributed by atoms with Crippen molar-refractivity contribution in [1.82, 2.24) is 10.2 Å². The Labute approximate surface area is 153 Å². The van der Waals surface area contributed by atoms with Gasteiger partial charge in [0.05, 0.1) is 5.69 Å². The minimum absolute atomic E-state index is 0.740. The third-order valence-corrected chi connectivity index (χ3v) is 4.33. The van der Waals surface area contributed by atoms with Crippen LogP contribution in [0.5, 0.6) is 0 Å². The lowest BCUT2D eigenvalue weighted by Crippen LogP contribution is -1.95. The predicted octanol–water partition coefficient (Wildman–Crippen LogP) is 5.73. The molecule has 0 bridgehead atoms. The summed E-state index contributed by atoms with van der Waals surface area (Å²) in [7, 11) is 0. The average Bonchev–Trinajstić information content (AvgIpc) is 2.65. The van der Waals surface area contributed by atoms with Crippen molar-refractivity contribution >= 4 is 0 Å². The highest BCUT2D eigenvalue weighted by Crippen LogP contribution is 2.09. The first-order chi connectivity index (χ1) is 12.3. The van der Waals surface area contributed by atoms with Crippen LogP contribution in [0.2, 0.25) is 0 Å². The molecule has 0 radical (unpaired) electrons. The van der Waals surface area contributed by atoms with Crippen LogP contribution in [0, 0.1) is 11.8 Å². The highest BCUT2D eigenvalue weighted by Gasteiger charge is 1.97. The van der Waals surface area contributed by atoms with Crippen molar-refractivity contribution in [2.24, 2.45) is 0 Å². The molecule has 0 spiro atoms. The molecular weight excluding hydrogens is 304 g/mol. The molecule has 0 fully saturated rings. The summed E-state index contributed by atoms with van der Waals surface area (Å²) in [6.45, 7) is 4.45. The SMILES string of the molecule is CCCCCCCCc1ccc(C#Cc2ccc(CCC)cc2)nn1. The molecule has 0 N–H and O–H groups in total. The molecule has 0 aliphatic carbocycles. The number of aryl methyl sites for hydroxylation is 2. The summed E-state index contributed by atoms with van der Waals surface area (Å²) in [5.74, 6) is 6.28. The van der Waals surface area contributed by atoms with Crippen LogP contribution in [0.4, 0.5) is 0 Å². The van der Waals surface area contributed by atoms with Crippen molar-refractivity contribution in [2.45, 2.75) is 71.6 Å². The van der Waals surface area contributed by atoms with Gasteiger partial charge in [-0.15, -0.1) is 5.10 Å². The summed E-state index contributed by atoms with van der Waals surface area (Å²) < 4.78 is 0. The molecule has 2 heteroatoms. The Morgan fingerprint density at radius 2 is 1.44 bits per heavy atom. The van der Waals surface area contributed by atoms with Crippen molar-refractivity contribution in [2.75, 3.05) is 0 Å². The molecule has 0 saturated heterocycles. The molecule has 0 amide bonds. The number of hydrogen-bond acceptors (Lipinski definition) is 2. The normalized spacial score (nSPS) is 10.3. The average molecular weight is 335 g/mol. The Kier molecular flexibility index (Phi) is 8.77. The molecular formula is C23H30N2. The summed E-state index contributed by atoms with van der Waals surface area (Å²) >= 11 is 0. The first-order valence-corrected chi connectivity index (χ1v) is 9.75. The summed E-state index contributed by atoms with van der Waals surface area (Å²) in [5, 5.41) is 8.56. The second-order valence-corrected chi connectivity index (χ2v) is 6.62. The van der Waals surface area contributed by atoms with E-state index >= 15 is 0 Å². The minimum Gasteiger partial charge on any atom is -0.154 e. The van der Waals surface area contributed by atoms with Crippen molar-refractivity contribution in [3.63, 3.8) is 0 Å². The summed E-state index contributed by atoms with van der Waals surface area (Å²) in [4.78, 5) is 0. The third-order valence-electron chi connectivity index (χ3n) is 4.33. The summed E-state index contributed by atoms with van der Waals surface area (Å²) in [5.41, 5.74) is 4.21. The van der Waals surface area contributed by atoms with E-state index in [1.807, 2.05) is 6.07 Å². The van der Waals surface area contributed by atoms with Crippen LogP contribution in [0.25, 0.3) is 0 Å². The number of hydrogen-bond donors (Lipinski definition) is 0. The van der Waals surface area contributed by atoms with E-state index in [4.69, 9.17) is 0 Å². The molecule has 0 saturated carbocycles. The standard InChI is InChI=1S/C23H30N2/c1-3-5-6-7-8-9-11-22-18-19-23(25-24-22)17-16-21-14-12-20(10-4-2)13-15-21/h12-15,18-19H,3-11H2,1-2H3. The minimum atomic E-state index is 0.740. The number of rotatable bonds is 9. The van der Waals surface area contributed by atoms with Gasteiger partial charge in [-0.2, -0.15) is 5.10 Å². The molecule has 25 heavy (non-hydrogen) atoms. The van der Waals surface area contributed by atoms with Crippen LogP contribution < -0.4 is 0 Å². The van der Waals surface area contributed by atoms with E-state index < -0.39 is 0 Å². The zero-order valence-electron chi connectivity index (χ0n) is 15.7. The summed E-state index contributed by atoms with van der Waals surface area (Å²) in [6.07, 6.45) is 11.2. The van der Waals surface area contributed by atoms with Gasteiger partial charge in [0.2, 0.25) is 0 Å². The second-order valence-electron chi connectivity index (χ2n) is 6.62. The van der Waals surface area contributed by atoms with E-state index in [1.54, 1.807) is 0 Å². The predicted molar refractivity (Wildman–Crippen MR) is 106 cm³/mol. The van der Waals surface area contributed by atoms with Crippen LogP contribution in [0.3, 0.4) is 0 Å². The van der Waals surface area contributed by atoms with Crippen LogP contribution in [-0.4, -0.2) is 10.2 Å². The van der Waals surface area contributed by atoms with Crippen LogP contribution in [0.15, 0.2) is 36.4 Å². The molecule has 0 aliphatic heterocycles. The fourth-order valence-corrected chi connectivity index (χ4v) is 2.83. The molecule has 2 aromatic rings. The van der Waals surface area contributed by atoms with Crippen molar-refractivity contribution in [3.05, 3.63) is 58.9 Å². The zero-order valence-corrected chi connectivity index (χ0v) is 15.7. The van der Waals surface area contributed by atoms with Gasteiger partial charge in [-0.3, -0.25) is 0 Å². The van der Waals surface area contributed by atoms with Crippen LogP contribution in [0.1, 0.15) is 81.3 Å². The Bertz CT molecular complexity index is 660. The van der Waals surface area contributed by atoms with E-state index in [2.05, 4.69) is 66.2 Å². The highest BCUT2D eigenvalue weighted by molar-refractivity contribution is 5.40. The Morgan fingerprint density at radius 3 is 2.12 bits per heavy atom. The zero-order chi connectivity index (χ0) is 17.7. The molecule has 132 valence electrons. The lowest BCUT2D eigenvalue weighted by atomic mass is 10.1. The topological polar surface area (TPSA) is 25.8 Å². The molecule has 0 unspecified atom stereocenters. The van der Waals surface area contributed by atoms with E-state index in [0.717, 1.165) is 29.8 Å². The van der Waals surface area contributed by atoms with Crippen molar-refractivity contribution < 1.29 is 0 Å². The maximum Gasteiger partial charge on any atom is 0.136 e. The van der Waals surface area contributed by atoms with Gasteiger partial charge in [0, 0.05) is 5.56 Å². The molecule has 1 aromatic carbocycles. The highest BCUT2D eigenvalue weighted by atomic mass is 15.1. The lowest BCUT2D eigenvalue weighted by Gasteiger charge is -2.01. The fourth-order valence-electron chi connectivity index (χ4n) is 2.83. The number of benzene rings is 1. The van der Waals surface area contributed by atoms with Gasteiger partial charge in [-0.1, -0.05) is 70.4 Å². The van der Waals surface area contributed by atoms with E-state index in [-0.39, 0.29) is 0 Å². The Balaban J connectivity index is 1.80. The largest absolute Gasteiger partial charge is 0.154 e. The molecule has 1 heterocycles. The number of nitrogens with zero attached hydrogens (tertiary/aromatic N) is 2. The lowest BCUT2D eigenvalue weighted by molar-refractivity contribution is 0.603. The molecule has 2 nitrogen and oxygen atoms in total. The van der Waals surface area contributed by atoms with Crippen LogP contribution >= 0.6 is 0 Å². The first-order valence-electron chi connectivity index (χ1n) is 9.75. The molecule has 1 aromatic heterocycles. The molecule has 2 rings (SSSR count). The van der Waals surface area contributed by atoms with Crippen LogP contribution in [-0.2, 0) is 12.8 Å². The van der Waals surface area contributed by atoms with E-state index in [0.29, 0.717) is 0 Å². The van der Waals surface area contributed by atoms with Gasteiger partial charge in [0.15, 0.2) is 0 Å². The first kappa shape index (κ1) is 19.2. The van der Waals surface area contributed by atoms with Crippen molar-refractivity contribution in [1.29, 1.82) is 0 Å². The van der Waals surface area contributed by atoms with Gasteiger partial charge < -0.3 is 0 Å². The van der Waals surface area contributed by atoms with Gasteiger partial charge in [0.25, 0.3) is 0 Å². The van der Waals surface area contributed by atoms with Gasteiger partial charge in [-0.25, -0.2) is 0 Å². The maximum absolute atomic E-state index is 4.31. The second kappa shape index (κ2) is 11.4. The Morgan fingerprint density at radius 1 is 0.680 bits per heavy atom. The fraction of sp³-hybridized carbons (Fsp3) is 0.478. The van der Waals surface area contributed by atoms with E-state index in [9.17, 15) is 0 Å². The van der Waals surface area contributed by atoms with E-state index in [1.165, 1.54) is 50.5 Å². The number of aromatic nitrogens is 2. The third kappa shape index (κ3) is 7.52. The molecule has 0 atom stereocenters. The van der Waals surface area contributed by atoms with Gasteiger partial charge in [-0.05, 0) is 55.0 Å². The molecule has 0 aliphatic rings.